The van der Waals surface area contributed by atoms with E-state index in [1.54, 1.807) is 0 Å². The summed E-state index contributed by atoms with van der Waals surface area (Å²) in [5, 5.41) is 9.73. The Bertz CT molecular complexity index is 1620. The lowest BCUT2D eigenvalue weighted by Gasteiger charge is -2.15. The van der Waals surface area contributed by atoms with Gasteiger partial charge < -0.3 is 14.6 Å². The first kappa shape index (κ1) is 87.1. The number of unbranched alkanes of at least 4 members (excludes halogenated alkanes) is 53. The summed E-state index contributed by atoms with van der Waals surface area (Å²) < 4.78 is 10.8. The Morgan fingerprint density at radius 2 is 0.478 bits per heavy atom. The predicted octanol–water partition coefficient (Wildman–Crippen LogP) is 28.3. The van der Waals surface area contributed by atoms with Crippen LogP contribution in [0, 0.1) is 0 Å². The Morgan fingerprint density at radius 1 is 0.267 bits per heavy atom. The fourth-order valence-electron chi connectivity index (χ4n) is 12.2. The smallest absolute Gasteiger partial charge is 0.306 e. The Kier molecular flexibility index (Phi) is 77.7. The lowest BCUT2D eigenvalue weighted by atomic mass is 10.0. The molecule has 0 fully saturated rings. The zero-order valence-electron chi connectivity index (χ0n) is 60.4. The molecular formula is C85H154O5. The molecule has 1 unspecified atom stereocenters. The second kappa shape index (κ2) is 80.3. The first-order valence-corrected chi connectivity index (χ1v) is 40.1. The van der Waals surface area contributed by atoms with Gasteiger partial charge in [0, 0.05) is 12.8 Å². The van der Waals surface area contributed by atoms with Crippen LogP contribution >= 0.6 is 0 Å². The molecule has 524 valence electrons. The molecule has 0 radical (unpaired) electrons. The summed E-state index contributed by atoms with van der Waals surface area (Å²) in [7, 11) is 0. The van der Waals surface area contributed by atoms with Crippen molar-refractivity contribution in [2.45, 2.75) is 431 Å². The third-order valence-corrected chi connectivity index (χ3v) is 18.2. The SMILES string of the molecule is CC/C=C\C/C=C\C/C=C\C/C=C\C/C=C\CCCCCCCCCCCCCCCCCCCCCCCCCCCC(=O)OC(CO)COC(=O)CCCCCCCCCCCCCCCCCCCCCCCCC/C=C\C/C=C\CCCCCCC. The van der Waals surface area contributed by atoms with Crippen LogP contribution in [0.5, 0.6) is 0 Å². The van der Waals surface area contributed by atoms with Gasteiger partial charge in [-0.1, -0.05) is 407 Å². The van der Waals surface area contributed by atoms with Gasteiger partial charge >= 0.3 is 11.9 Å². The average molecular weight is 1260 g/mol. The summed E-state index contributed by atoms with van der Waals surface area (Å²) in [6, 6.07) is 0. The topological polar surface area (TPSA) is 72.8 Å². The van der Waals surface area contributed by atoms with E-state index in [-0.39, 0.29) is 25.2 Å². The van der Waals surface area contributed by atoms with Gasteiger partial charge in [-0.25, -0.2) is 0 Å². The zero-order chi connectivity index (χ0) is 64.7. The van der Waals surface area contributed by atoms with Gasteiger partial charge in [0.1, 0.15) is 6.61 Å². The molecule has 5 heteroatoms. The number of ether oxygens (including phenoxy) is 2. The lowest BCUT2D eigenvalue weighted by molar-refractivity contribution is -0.161. The molecule has 0 bridgehead atoms. The van der Waals surface area contributed by atoms with Gasteiger partial charge in [0.25, 0.3) is 0 Å². The molecule has 0 aromatic rings. The normalized spacial score (nSPS) is 12.6. The van der Waals surface area contributed by atoms with Gasteiger partial charge in [-0.15, -0.1) is 0 Å². The highest BCUT2D eigenvalue weighted by molar-refractivity contribution is 5.70. The molecule has 1 N–H and O–H groups in total. The molecule has 0 saturated heterocycles. The predicted molar refractivity (Wildman–Crippen MR) is 399 cm³/mol. The van der Waals surface area contributed by atoms with Crippen molar-refractivity contribution >= 4 is 11.9 Å². The second-order valence-corrected chi connectivity index (χ2v) is 27.1. The minimum absolute atomic E-state index is 0.0606. The highest BCUT2D eigenvalue weighted by Gasteiger charge is 2.16. The number of allylic oxidation sites excluding steroid dienone is 14. The van der Waals surface area contributed by atoms with Crippen LogP contribution in [-0.2, 0) is 19.1 Å². The molecule has 0 aliphatic rings. The number of hydrogen-bond acceptors (Lipinski definition) is 5. The van der Waals surface area contributed by atoms with Crippen LogP contribution in [0.4, 0.5) is 0 Å². The summed E-state index contributed by atoms with van der Waals surface area (Å²) in [5.74, 6) is -0.566. The number of aliphatic hydroxyl groups excluding tert-OH is 1. The molecule has 5 nitrogen and oxygen atoms in total. The first-order valence-electron chi connectivity index (χ1n) is 40.1. The van der Waals surface area contributed by atoms with E-state index in [4.69, 9.17) is 9.47 Å². The highest BCUT2D eigenvalue weighted by atomic mass is 16.6. The number of rotatable bonds is 75. The molecule has 1 atom stereocenters. The third kappa shape index (κ3) is 77.5. The molecular weight excluding hydrogens is 1100 g/mol. The van der Waals surface area contributed by atoms with Crippen LogP contribution < -0.4 is 0 Å². The van der Waals surface area contributed by atoms with Gasteiger partial charge in [0.2, 0.25) is 0 Å². The number of carbonyl (C=O) groups excluding carboxylic acids is 2. The van der Waals surface area contributed by atoms with E-state index in [1.165, 1.54) is 321 Å². The molecule has 0 amide bonds. The maximum Gasteiger partial charge on any atom is 0.306 e. The number of esters is 2. The molecule has 0 heterocycles. The third-order valence-electron chi connectivity index (χ3n) is 18.2. The minimum Gasteiger partial charge on any atom is -0.462 e. The first-order chi connectivity index (χ1) is 44.6. The van der Waals surface area contributed by atoms with Crippen molar-refractivity contribution in [1.29, 1.82) is 0 Å². The molecule has 0 aromatic heterocycles. The van der Waals surface area contributed by atoms with Gasteiger partial charge in [0.05, 0.1) is 6.61 Å². The monoisotopic (exact) mass is 1260 g/mol. The average Bonchev–Trinajstić information content (AvgIpc) is 3.60. The molecule has 0 aliphatic heterocycles. The van der Waals surface area contributed by atoms with Crippen molar-refractivity contribution in [3.8, 4) is 0 Å². The van der Waals surface area contributed by atoms with Gasteiger partial charge in [-0.05, 0) is 89.9 Å². The Hall–Kier alpha value is -2.92. The van der Waals surface area contributed by atoms with E-state index in [1.807, 2.05) is 0 Å². The van der Waals surface area contributed by atoms with Crippen LogP contribution in [0.25, 0.3) is 0 Å². The standard InChI is InChI=1S/C85H154O5/c1-3-5-7-9-11-13-15-17-19-21-23-25-27-29-31-33-35-37-39-40-41-42-43-44-46-48-50-52-54-56-58-60-62-64-66-68-70-72-74-76-78-80-85(88)90-83(81-86)82-89-84(87)79-77-75-73-71-69-67-65-63-61-59-57-55-53-51-49-47-45-38-36-34-32-30-28-26-24-22-20-18-16-14-12-10-8-6-4-2/h5,7,11,13,16-19,22-25,29,31,83,86H,3-4,6,8-10,12,14-15,20-21,26-28,30,32-82H2,1-2H3/b7-5-,13-11-,18-16-,19-17-,24-22-,25-23-,31-29-. The van der Waals surface area contributed by atoms with E-state index < -0.39 is 6.10 Å². The van der Waals surface area contributed by atoms with Crippen molar-refractivity contribution in [2.75, 3.05) is 13.2 Å². The fraction of sp³-hybridized carbons (Fsp3) is 0.812. The van der Waals surface area contributed by atoms with Crippen LogP contribution in [0.2, 0.25) is 0 Å². The Labute approximate surface area is 562 Å². The minimum atomic E-state index is -0.772. The van der Waals surface area contributed by atoms with E-state index in [2.05, 4.69) is 98.9 Å². The number of hydrogen-bond donors (Lipinski definition) is 1. The lowest BCUT2D eigenvalue weighted by Crippen LogP contribution is -2.28. The zero-order valence-corrected chi connectivity index (χ0v) is 60.4. The summed E-state index contributed by atoms with van der Waals surface area (Å²) in [6.45, 7) is 4.07. The summed E-state index contributed by atoms with van der Waals surface area (Å²) >= 11 is 0. The largest absolute Gasteiger partial charge is 0.462 e. The quantitative estimate of drug-likeness (QED) is 0.0373. The molecule has 0 aliphatic carbocycles. The van der Waals surface area contributed by atoms with E-state index in [0.717, 1.165) is 77.0 Å². The van der Waals surface area contributed by atoms with Gasteiger partial charge in [-0.2, -0.15) is 0 Å². The fourth-order valence-corrected chi connectivity index (χ4v) is 12.2. The van der Waals surface area contributed by atoms with Crippen molar-refractivity contribution in [3.63, 3.8) is 0 Å². The second-order valence-electron chi connectivity index (χ2n) is 27.1. The van der Waals surface area contributed by atoms with Gasteiger partial charge in [-0.3, -0.25) is 9.59 Å². The summed E-state index contributed by atoms with van der Waals surface area (Å²) in [6.07, 6.45) is 114. The molecule has 90 heavy (non-hydrogen) atoms. The van der Waals surface area contributed by atoms with Crippen LogP contribution in [0.15, 0.2) is 85.1 Å². The Balaban J connectivity index is 3.38. The van der Waals surface area contributed by atoms with Crippen LogP contribution in [-0.4, -0.2) is 36.4 Å². The summed E-state index contributed by atoms with van der Waals surface area (Å²) in [5.41, 5.74) is 0. The number of aliphatic hydroxyl groups is 1. The Morgan fingerprint density at radius 3 is 0.722 bits per heavy atom. The molecule has 0 aromatic carbocycles. The van der Waals surface area contributed by atoms with Crippen molar-refractivity contribution < 1.29 is 24.2 Å². The van der Waals surface area contributed by atoms with Crippen LogP contribution in [0.3, 0.4) is 0 Å². The highest BCUT2D eigenvalue weighted by Crippen LogP contribution is 2.20. The van der Waals surface area contributed by atoms with Crippen molar-refractivity contribution in [1.82, 2.24) is 0 Å². The van der Waals surface area contributed by atoms with Crippen LogP contribution in [0.1, 0.15) is 425 Å². The van der Waals surface area contributed by atoms with Crippen molar-refractivity contribution in [3.05, 3.63) is 85.1 Å². The summed E-state index contributed by atoms with van der Waals surface area (Å²) in [4.78, 5) is 24.7. The molecule has 0 saturated carbocycles. The molecule has 0 rings (SSSR count). The van der Waals surface area contributed by atoms with E-state index >= 15 is 0 Å². The van der Waals surface area contributed by atoms with E-state index in [9.17, 15) is 14.7 Å². The molecule has 0 spiro atoms. The van der Waals surface area contributed by atoms with Gasteiger partial charge in [0.15, 0.2) is 6.10 Å². The number of carbonyl (C=O) groups is 2. The van der Waals surface area contributed by atoms with Crippen molar-refractivity contribution in [2.24, 2.45) is 0 Å². The van der Waals surface area contributed by atoms with E-state index in [0.29, 0.717) is 12.8 Å². The maximum absolute atomic E-state index is 12.4. The maximum atomic E-state index is 12.4.